The van der Waals surface area contributed by atoms with E-state index in [0.29, 0.717) is 37.6 Å². The summed E-state index contributed by atoms with van der Waals surface area (Å²) in [5.41, 5.74) is 3.97. The second kappa shape index (κ2) is 7.23. The Morgan fingerprint density at radius 2 is 1.74 bits per heavy atom. The molecule has 5 nitrogen and oxygen atoms in total. The Morgan fingerprint density at radius 3 is 2.44 bits per heavy atom. The van der Waals surface area contributed by atoms with Crippen molar-refractivity contribution in [1.29, 1.82) is 0 Å². The Morgan fingerprint density at radius 1 is 1.04 bits per heavy atom. The number of rotatable bonds is 3. The van der Waals surface area contributed by atoms with Crippen LogP contribution in [-0.2, 0) is 0 Å². The monoisotopic (exact) mass is 364 g/mol. The zero-order valence-electron chi connectivity index (χ0n) is 15.2. The molecule has 1 amide bonds. The van der Waals surface area contributed by atoms with Crippen molar-refractivity contribution in [2.75, 3.05) is 31.1 Å². The van der Waals surface area contributed by atoms with E-state index in [2.05, 4.69) is 10.2 Å². The van der Waals surface area contributed by atoms with Crippen LogP contribution in [0.15, 0.2) is 54.6 Å². The van der Waals surface area contributed by atoms with Gasteiger partial charge in [-0.15, -0.1) is 0 Å². The number of carbonyl (C=O) groups is 1. The molecule has 27 heavy (non-hydrogen) atoms. The van der Waals surface area contributed by atoms with Crippen LogP contribution in [-0.4, -0.2) is 47.2 Å². The van der Waals surface area contributed by atoms with E-state index in [-0.39, 0.29) is 11.7 Å². The maximum atomic E-state index is 13.9. The minimum Gasteiger partial charge on any atom is -0.366 e. The third-order valence-electron chi connectivity index (χ3n) is 4.92. The molecule has 0 saturated carbocycles. The summed E-state index contributed by atoms with van der Waals surface area (Å²) in [5.74, 6) is -0.303. The highest BCUT2D eigenvalue weighted by atomic mass is 19.1. The van der Waals surface area contributed by atoms with E-state index < -0.39 is 0 Å². The molecule has 0 bridgehead atoms. The second-order valence-corrected chi connectivity index (χ2v) is 6.76. The van der Waals surface area contributed by atoms with Crippen molar-refractivity contribution in [3.8, 4) is 11.3 Å². The summed E-state index contributed by atoms with van der Waals surface area (Å²) in [6, 6.07) is 16.6. The normalized spacial score (nSPS) is 14.4. The van der Waals surface area contributed by atoms with Gasteiger partial charge in [0.25, 0.3) is 5.91 Å². The largest absolute Gasteiger partial charge is 0.366 e. The molecular weight excluding hydrogens is 343 g/mol. The number of piperazine rings is 1. The Bertz CT molecular complexity index is 943. The number of aromatic amines is 1. The first kappa shape index (κ1) is 17.3. The molecule has 4 rings (SSSR count). The fourth-order valence-corrected chi connectivity index (χ4v) is 3.33. The first-order valence-electron chi connectivity index (χ1n) is 9.03. The number of nitrogens with zero attached hydrogens (tertiary/aromatic N) is 3. The predicted octanol–water partition coefficient (Wildman–Crippen LogP) is 3.49. The highest BCUT2D eigenvalue weighted by molar-refractivity contribution is 5.93. The van der Waals surface area contributed by atoms with Crippen LogP contribution in [0, 0.1) is 12.7 Å². The average Bonchev–Trinajstić information content (AvgIpc) is 3.19. The Balaban J connectivity index is 1.43. The molecule has 0 aliphatic carbocycles. The summed E-state index contributed by atoms with van der Waals surface area (Å²) in [4.78, 5) is 16.5. The first-order chi connectivity index (χ1) is 13.1. The number of amides is 1. The van der Waals surface area contributed by atoms with Gasteiger partial charge >= 0.3 is 0 Å². The number of aryl methyl sites for hydroxylation is 1. The number of para-hydroxylation sites is 1. The number of benzene rings is 2. The van der Waals surface area contributed by atoms with Crippen LogP contribution in [0.5, 0.6) is 0 Å². The van der Waals surface area contributed by atoms with Gasteiger partial charge in [0.1, 0.15) is 11.5 Å². The summed E-state index contributed by atoms with van der Waals surface area (Å²) in [5, 5.41) is 7.13. The van der Waals surface area contributed by atoms with Gasteiger partial charge in [-0.2, -0.15) is 5.10 Å². The SMILES string of the molecule is Cc1ccc(-c2cc(C(=O)N3CCN(c4ccccc4F)CC3)[nH]n2)cc1. The van der Waals surface area contributed by atoms with Crippen LogP contribution in [0.1, 0.15) is 16.1 Å². The number of nitrogens with one attached hydrogen (secondary N) is 1. The molecule has 6 heteroatoms. The summed E-state index contributed by atoms with van der Waals surface area (Å²) < 4.78 is 13.9. The molecule has 0 atom stereocenters. The number of H-pyrrole nitrogens is 1. The number of carbonyl (C=O) groups excluding carboxylic acids is 1. The van der Waals surface area contributed by atoms with E-state index in [4.69, 9.17) is 0 Å². The first-order valence-corrected chi connectivity index (χ1v) is 9.03. The molecule has 1 aliphatic rings. The smallest absolute Gasteiger partial charge is 0.272 e. The predicted molar refractivity (Wildman–Crippen MR) is 103 cm³/mol. The van der Waals surface area contributed by atoms with E-state index in [1.165, 1.54) is 11.6 Å². The zero-order valence-corrected chi connectivity index (χ0v) is 15.2. The van der Waals surface area contributed by atoms with E-state index in [9.17, 15) is 9.18 Å². The van der Waals surface area contributed by atoms with Crippen LogP contribution in [0.4, 0.5) is 10.1 Å². The van der Waals surface area contributed by atoms with Gasteiger partial charge < -0.3 is 9.80 Å². The van der Waals surface area contributed by atoms with Crippen molar-refractivity contribution >= 4 is 11.6 Å². The summed E-state index contributed by atoms with van der Waals surface area (Å²) in [6.45, 7) is 4.33. The van der Waals surface area contributed by atoms with Crippen LogP contribution in [0.3, 0.4) is 0 Å². The van der Waals surface area contributed by atoms with Crippen LogP contribution in [0.2, 0.25) is 0 Å². The van der Waals surface area contributed by atoms with Crippen LogP contribution in [0.25, 0.3) is 11.3 Å². The third kappa shape index (κ3) is 3.56. The second-order valence-electron chi connectivity index (χ2n) is 6.76. The summed E-state index contributed by atoms with van der Waals surface area (Å²) >= 11 is 0. The molecule has 1 aromatic heterocycles. The highest BCUT2D eigenvalue weighted by Gasteiger charge is 2.24. The van der Waals surface area contributed by atoms with Crippen molar-refractivity contribution in [3.63, 3.8) is 0 Å². The molecule has 2 aromatic carbocycles. The molecular formula is C21H21FN4O. The molecule has 1 saturated heterocycles. The van der Waals surface area contributed by atoms with Gasteiger partial charge in [0.15, 0.2) is 0 Å². The molecule has 138 valence electrons. The van der Waals surface area contributed by atoms with Crippen molar-refractivity contribution in [3.05, 3.63) is 71.7 Å². The Kier molecular flexibility index (Phi) is 4.62. The number of halogens is 1. The van der Waals surface area contributed by atoms with Crippen molar-refractivity contribution in [2.45, 2.75) is 6.92 Å². The lowest BCUT2D eigenvalue weighted by Gasteiger charge is -2.36. The third-order valence-corrected chi connectivity index (χ3v) is 4.92. The molecule has 2 heterocycles. The lowest BCUT2D eigenvalue weighted by atomic mass is 10.1. The maximum absolute atomic E-state index is 13.9. The lowest BCUT2D eigenvalue weighted by molar-refractivity contribution is 0.0740. The summed E-state index contributed by atoms with van der Waals surface area (Å²) in [6.07, 6.45) is 0. The standard InChI is InChI=1S/C21H21FN4O/c1-15-6-8-16(9-7-15)18-14-19(24-23-18)21(27)26-12-10-25(11-13-26)20-5-3-2-4-17(20)22/h2-9,14H,10-13H2,1H3,(H,23,24). The average molecular weight is 364 g/mol. The molecule has 1 N–H and O–H groups in total. The number of aromatic nitrogens is 2. The summed E-state index contributed by atoms with van der Waals surface area (Å²) in [7, 11) is 0. The highest BCUT2D eigenvalue weighted by Crippen LogP contribution is 2.22. The van der Waals surface area contributed by atoms with Gasteiger partial charge in [-0.25, -0.2) is 4.39 Å². The van der Waals surface area contributed by atoms with Gasteiger partial charge in [-0.1, -0.05) is 42.0 Å². The van der Waals surface area contributed by atoms with E-state index in [0.717, 1.165) is 11.3 Å². The molecule has 3 aromatic rings. The fraction of sp³-hybridized carbons (Fsp3) is 0.238. The Hall–Kier alpha value is -3.15. The quantitative estimate of drug-likeness (QED) is 0.774. The molecule has 0 unspecified atom stereocenters. The number of anilines is 1. The van der Waals surface area contributed by atoms with E-state index in [1.54, 1.807) is 23.1 Å². The topological polar surface area (TPSA) is 52.2 Å². The fourth-order valence-electron chi connectivity index (χ4n) is 3.33. The minimum absolute atomic E-state index is 0.0750. The van der Waals surface area contributed by atoms with Crippen molar-refractivity contribution in [2.24, 2.45) is 0 Å². The van der Waals surface area contributed by atoms with Crippen LogP contribution >= 0.6 is 0 Å². The van der Waals surface area contributed by atoms with E-state index >= 15 is 0 Å². The van der Waals surface area contributed by atoms with Crippen molar-refractivity contribution < 1.29 is 9.18 Å². The molecule has 0 spiro atoms. The van der Waals surface area contributed by atoms with Gasteiger partial charge in [0, 0.05) is 31.7 Å². The van der Waals surface area contributed by atoms with Crippen LogP contribution < -0.4 is 4.90 Å². The van der Waals surface area contributed by atoms with E-state index in [1.807, 2.05) is 42.2 Å². The van der Waals surface area contributed by atoms with Gasteiger partial charge in [0.05, 0.1) is 11.4 Å². The lowest BCUT2D eigenvalue weighted by Crippen LogP contribution is -2.49. The zero-order chi connectivity index (χ0) is 18.8. The maximum Gasteiger partial charge on any atom is 0.272 e. The molecule has 1 aliphatic heterocycles. The number of hydrogen-bond donors (Lipinski definition) is 1. The Labute approximate surface area is 157 Å². The molecule has 1 fully saturated rings. The number of hydrogen-bond acceptors (Lipinski definition) is 3. The minimum atomic E-state index is -0.228. The van der Waals surface area contributed by atoms with Gasteiger partial charge in [0.2, 0.25) is 0 Å². The molecule has 0 radical (unpaired) electrons. The van der Waals surface area contributed by atoms with Crippen molar-refractivity contribution in [1.82, 2.24) is 15.1 Å². The van der Waals surface area contributed by atoms with Gasteiger partial charge in [-0.05, 0) is 25.1 Å². The van der Waals surface area contributed by atoms with Gasteiger partial charge in [-0.3, -0.25) is 9.89 Å².